The number of hydrogen-bond donors (Lipinski definition) is 0. The second kappa shape index (κ2) is 8.96. The number of methoxy groups -OCH3 is 2. The molecule has 3 aromatic rings. The average molecular weight is 411 g/mol. The highest BCUT2D eigenvalue weighted by molar-refractivity contribution is 7.98. The standard InChI is InChI=1S/C22H21NO5S/c1-13-15-7-5-6-8-17(15)23-18(20(13)22(25)27-3)12-28-21(24)16-10-9-14(29-4)11-19(16)26-2/h5-11H,12H2,1-4H3. The van der Waals surface area contributed by atoms with E-state index < -0.39 is 11.9 Å². The first kappa shape index (κ1) is 20.7. The summed E-state index contributed by atoms with van der Waals surface area (Å²) in [6.07, 6.45) is 1.94. The number of hydrogen-bond acceptors (Lipinski definition) is 7. The van der Waals surface area contributed by atoms with E-state index in [1.807, 2.05) is 43.5 Å². The van der Waals surface area contributed by atoms with Gasteiger partial charge in [0.15, 0.2) is 0 Å². The molecule has 0 spiro atoms. The third-order valence-corrected chi connectivity index (χ3v) is 5.31. The number of pyridine rings is 1. The van der Waals surface area contributed by atoms with Crippen LogP contribution in [0.5, 0.6) is 5.75 Å². The minimum absolute atomic E-state index is 0.164. The van der Waals surface area contributed by atoms with Gasteiger partial charge in [0, 0.05) is 10.3 Å². The number of para-hydroxylation sites is 1. The van der Waals surface area contributed by atoms with Crippen LogP contribution in [-0.4, -0.2) is 37.4 Å². The number of carbonyl (C=O) groups excluding carboxylic acids is 2. The molecule has 0 N–H and O–H groups in total. The SMILES string of the molecule is COC(=O)c1c(COC(=O)c2ccc(SC)cc2OC)nc2ccccc2c1C. The first-order chi connectivity index (χ1) is 14.0. The summed E-state index contributed by atoms with van der Waals surface area (Å²) < 4.78 is 15.7. The molecule has 0 amide bonds. The van der Waals surface area contributed by atoms with Crippen molar-refractivity contribution < 1.29 is 23.8 Å². The zero-order chi connectivity index (χ0) is 21.0. The summed E-state index contributed by atoms with van der Waals surface area (Å²) in [6, 6.07) is 12.7. The summed E-state index contributed by atoms with van der Waals surface area (Å²) in [5.41, 5.74) is 2.41. The normalized spacial score (nSPS) is 10.6. The van der Waals surface area contributed by atoms with Crippen LogP contribution in [0.1, 0.15) is 32.0 Å². The van der Waals surface area contributed by atoms with Crippen molar-refractivity contribution in [2.45, 2.75) is 18.4 Å². The largest absolute Gasteiger partial charge is 0.496 e. The van der Waals surface area contributed by atoms with Crippen molar-refractivity contribution in [1.82, 2.24) is 4.98 Å². The molecule has 0 unspecified atom stereocenters. The lowest BCUT2D eigenvalue weighted by Gasteiger charge is -2.14. The van der Waals surface area contributed by atoms with Crippen LogP contribution in [0.2, 0.25) is 0 Å². The van der Waals surface area contributed by atoms with Crippen molar-refractivity contribution in [2.75, 3.05) is 20.5 Å². The van der Waals surface area contributed by atoms with Gasteiger partial charge < -0.3 is 14.2 Å². The summed E-state index contributed by atoms with van der Waals surface area (Å²) in [4.78, 5) is 30.5. The molecule has 1 aromatic heterocycles. The zero-order valence-electron chi connectivity index (χ0n) is 16.6. The van der Waals surface area contributed by atoms with Crippen LogP contribution in [0.3, 0.4) is 0 Å². The van der Waals surface area contributed by atoms with Crippen molar-refractivity contribution in [3.05, 3.63) is 64.8 Å². The number of nitrogens with zero attached hydrogens (tertiary/aromatic N) is 1. The van der Waals surface area contributed by atoms with E-state index in [0.29, 0.717) is 28.1 Å². The Bertz CT molecular complexity index is 1080. The molecule has 0 fully saturated rings. The number of benzene rings is 2. The molecule has 2 aromatic carbocycles. The molecule has 7 heteroatoms. The minimum Gasteiger partial charge on any atom is -0.496 e. The van der Waals surface area contributed by atoms with E-state index in [1.165, 1.54) is 14.2 Å². The first-order valence-electron chi connectivity index (χ1n) is 8.85. The van der Waals surface area contributed by atoms with E-state index in [-0.39, 0.29) is 6.61 Å². The number of esters is 2. The third kappa shape index (κ3) is 4.19. The fourth-order valence-corrected chi connectivity index (χ4v) is 3.53. The number of carbonyl (C=O) groups is 2. The van der Waals surface area contributed by atoms with Crippen LogP contribution in [0.4, 0.5) is 0 Å². The van der Waals surface area contributed by atoms with Gasteiger partial charge in [-0.15, -0.1) is 11.8 Å². The van der Waals surface area contributed by atoms with E-state index in [1.54, 1.807) is 23.9 Å². The van der Waals surface area contributed by atoms with Crippen molar-refractivity contribution >= 4 is 34.6 Å². The lowest BCUT2D eigenvalue weighted by atomic mass is 10.0. The van der Waals surface area contributed by atoms with Gasteiger partial charge in [0.25, 0.3) is 0 Å². The van der Waals surface area contributed by atoms with Crippen molar-refractivity contribution in [3.8, 4) is 5.75 Å². The summed E-state index contributed by atoms with van der Waals surface area (Å²) in [6.45, 7) is 1.66. The van der Waals surface area contributed by atoms with E-state index in [9.17, 15) is 9.59 Å². The van der Waals surface area contributed by atoms with Crippen LogP contribution in [0.15, 0.2) is 47.4 Å². The molecule has 0 radical (unpaired) electrons. The van der Waals surface area contributed by atoms with Gasteiger partial charge in [0.2, 0.25) is 0 Å². The van der Waals surface area contributed by atoms with Gasteiger partial charge >= 0.3 is 11.9 Å². The minimum atomic E-state index is -0.557. The number of rotatable bonds is 6. The Morgan fingerprint density at radius 2 is 1.83 bits per heavy atom. The molecular formula is C22H21NO5S. The van der Waals surface area contributed by atoms with E-state index >= 15 is 0 Å². The fourth-order valence-electron chi connectivity index (χ4n) is 3.10. The Hall–Kier alpha value is -3.06. The van der Waals surface area contributed by atoms with Gasteiger partial charge in [-0.25, -0.2) is 14.6 Å². The van der Waals surface area contributed by atoms with Crippen LogP contribution in [-0.2, 0) is 16.1 Å². The molecule has 150 valence electrons. The number of aromatic nitrogens is 1. The van der Waals surface area contributed by atoms with Crippen molar-refractivity contribution in [2.24, 2.45) is 0 Å². The quantitative estimate of drug-likeness (QED) is 0.439. The highest BCUT2D eigenvalue weighted by Gasteiger charge is 2.21. The molecule has 0 atom stereocenters. The molecule has 0 saturated carbocycles. The predicted molar refractivity (Wildman–Crippen MR) is 112 cm³/mol. The smallest absolute Gasteiger partial charge is 0.342 e. The van der Waals surface area contributed by atoms with E-state index in [2.05, 4.69) is 4.98 Å². The summed E-state index contributed by atoms with van der Waals surface area (Å²) in [5.74, 6) is -0.649. The highest BCUT2D eigenvalue weighted by atomic mass is 32.2. The Morgan fingerprint density at radius 3 is 2.52 bits per heavy atom. The molecule has 29 heavy (non-hydrogen) atoms. The molecule has 0 saturated heterocycles. The van der Waals surface area contributed by atoms with E-state index in [4.69, 9.17) is 14.2 Å². The number of fused-ring (bicyclic) bond motifs is 1. The van der Waals surface area contributed by atoms with Crippen molar-refractivity contribution in [3.63, 3.8) is 0 Å². The monoisotopic (exact) mass is 411 g/mol. The second-order valence-electron chi connectivity index (χ2n) is 6.21. The zero-order valence-corrected chi connectivity index (χ0v) is 17.5. The first-order valence-corrected chi connectivity index (χ1v) is 10.1. The van der Waals surface area contributed by atoms with Crippen LogP contribution in [0.25, 0.3) is 10.9 Å². The Kier molecular flexibility index (Phi) is 6.39. The van der Waals surface area contributed by atoms with Crippen LogP contribution >= 0.6 is 11.8 Å². The van der Waals surface area contributed by atoms with Crippen molar-refractivity contribution in [1.29, 1.82) is 0 Å². The predicted octanol–water partition coefficient (Wildman–Crippen LogP) is 4.42. The summed E-state index contributed by atoms with van der Waals surface area (Å²) in [5, 5.41) is 0.845. The Morgan fingerprint density at radius 1 is 1.07 bits per heavy atom. The second-order valence-corrected chi connectivity index (χ2v) is 7.09. The lowest BCUT2D eigenvalue weighted by Crippen LogP contribution is -2.14. The third-order valence-electron chi connectivity index (χ3n) is 4.59. The van der Waals surface area contributed by atoms with Gasteiger partial charge in [0.05, 0.1) is 31.0 Å². The maximum atomic E-state index is 12.6. The molecule has 6 nitrogen and oxygen atoms in total. The molecule has 0 aliphatic carbocycles. The summed E-state index contributed by atoms with van der Waals surface area (Å²) in [7, 11) is 2.81. The number of thioether (sulfide) groups is 1. The van der Waals surface area contributed by atoms with Gasteiger partial charge in [-0.05, 0) is 43.0 Å². The average Bonchev–Trinajstić information content (AvgIpc) is 2.76. The lowest BCUT2D eigenvalue weighted by molar-refractivity contribution is 0.0452. The van der Waals surface area contributed by atoms with Crippen LogP contribution < -0.4 is 4.74 Å². The summed E-state index contributed by atoms with van der Waals surface area (Å²) >= 11 is 1.55. The molecular weight excluding hydrogens is 390 g/mol. The van der Waals surface area contributed by atoms with Gasteiger partial charge in [-0.3, -0.25) is 0 Å². The van der Waals surface area contributed by atoms with Gasteiger partial charge in [0.1, 0.15) is 17.9 Å². The fraction of sp³-hybridized carbons (Fsp3) is 0.227. The maximum Gasteiger partial charge on any atom is 0.342 e. The Balaban J connectivity index is 1.94. The molecule has 0 aliphatic heterocycles. The molecule has 0 aliphatic rings. The van der Waals surface area contributed by atoms with E-state index in [0.717, 1.165) is 15.8 Å². The topological polar surface area (TPSA) is 74.7 Å². The molecule has 0 bridgehead atoms. The number of aryl methyl sites for hydroxylation is 1. The van der Waals surface area contributed by atoms with Gasteiger partial charge in [-0.1, -0.05) is 18.2 Å². The number of ether oxygens (including phenoxy) is 3. The van der Waals surface area contributed by atoms with Crippen LogP contribution in [0, 0.1) is 6.92 Å². The Labute approximate surface area is 173 Å². The molecule has 3 rings (SSSR count). The maximum absolute atomic E-state index is 12.6. The molecule has 1 heterocycles. The van der Waals surface area contributed by atoms with Gasteiger partial charge in [-0.2, -0.15) is 0 Å². The highest BCUT2D eigenvalue weighted by Crippen LogP contribution is 2.27.